The van der Waals surface area contributed by atoms with Gasteiger partial charge in [0.05, 0.1) is 12.1 Å². The number of aromatic nitrogens is 1. The second-order valence-electron chi connectivity index (χ2n) is 8.15. The summed E-state index contributed by atoms with van der Waals surface area (Å²) in [6.45, 7) is 11.2. The lowest BCUT2D eigenvalue weighted by molar-refractivity contribution is -0.117. The van der Waals surface area contributed by atoms with Gasteiger partial charge in [-0.05, 0) is 56.6 Å². The summed E-state index contributed by atoms with van der Waals surface area (Å²) in [6, 6.07) is 8.20. The number of pyridine rings is 1. The highest BCUT2D eigenvalue weighted by Crippen LogP contribution is 2.43. The molecule has 172 valence electrons. The van der Waals surface area contributed by atoms with Crippen LogP contribution in [-0.4, -0.2) is 49.0 Å². The molecular weight excluding hydrogens is 439 g/mol. The Morgan fingerprint density at radius 2 is 2.03 bits per heavy atom. The molecule has 3 rings (SSSR count). The number of carbonyl (C=O) groups excluding carboxylic acids is 1. The molecule has 1 aliphatic heterocycles. The Bertz CT molecular complexity index is 1100. The Morgan fingerprint density at radius 3 is 2.52 bits per heavy atom. The summed E-state index contributed by atoms with van der Waals surface area (Å²) >= 11 is 1.07. The number of benzene rings is 1. The monoisotopic (exact) mass is 466 g/mol. The van der Waals surface area contributed by atoms with Crippen LogP contribution in [0.4, 0.5) is 15.9 Å². The van der Waals surface area contributed by atoms with Crippen molar-refractivity contribution in [2.45, 2.75) is 42.5 Å². The number of piperidine rings is 1. The van der Waals surface area contributed by atoms with Gasteiger partial charge in [0, 0.05) is 19.1 Å². The fraction of sp³-hybridized carbons (Fsp3) is 0.417. The summed E-state index contributed by atoms with van der Waals surface area (Å²) in [6.07, 6.45) is 2.36. The Labute approximate surface area is 198 Å². The summed E-state index contributed by atoms with van der Waals surface area (Å²) in [5.41, 5.74) is 7.49. The number of nitrogens with two attached hydrogens (primary N) is 1. The number of primary amides is 1. The van der Waals surface area contributed by atoms with E-state index in [4.69, 9.17) is 17.3 Å². The molecule has 1 fully saturated rings. The lowest BCUT2D eigenvalue weighted by atomic mass is 10.0. The lowest BCUT2D eigenvalue weighted by Crippen LogP contribution is -2.42. The Balaban J connectivity index is 2.06. The van der Waals surface area contributed by atoms with E-state index in [1.165, 1.54) is 24.3 Å². The zero-order valence-corrected chi connectivity index (χ0v) is 19.8. The smallest absolute Gasteiger partial charge is 0.235 e. The van der Waals surface area contributed by atoms with E-state index in [2.05, 4.69) is 34.8 Å². The SMILES string of the molecule is [C-]#[N+]c1c(N2CCC(N(C)C)CC2)nc(SC(C(N)=O)c2ccc(F)cc2)c(C#N)c1CC. The van der Waals surface area contributed by atoms with Gasteiger partial charge >= 0.3 is 0 Å². The molecule has 0 aliphatic carbocycles. The van der Waals surface area contributed by atoms with Gasteiger partial charge in [-0.2, -0.15) is 5.26 Å². The van der Waals surface area contributed by atoms with Gasteiger partial charge in [-0.1, -0.05) is 30.8 Å². The van der Waals surface area contributed by atoms with Gasteiger partial charge in [-0.25, -0.2) is 14.2 Å². The third-order valence-corrected chi connectivity index (χ3v) is 7.21. The summed E-state index contributed by atoms with van der Waals surface area (Å²) in [4.78, 5) is 25.1. The van der Waals surface area contributed by atoms with Crippen LogP contribution in [0.25, 0.3) is 4.85 Å². The molecule has 0 saturated carbocycles. The van der Waals surface area contributed by atoms with Gasteiger partial charge < -0.3 is 15.5 Å². The maximum atomic E-state index is 13.4. The number of amides is 1. The van der Waals surface area contributed by atoms with Crippen LogP contribution in [0.3, 0.4) is 0 Å². The van der Waals surface area contributed by atoms with Crippen LogP contribution < -0.4 is 10.6 Å². The van der Waals surface area contributed by atoms with E-state index in [1.807, 2.05) is 6.92 Å². The average Bonchev–Trinajstić information content (AvgIpc) is 2.81. The first kappa shape index (κ1) is 24.5. The molecule has 1 aliphatic rings. The van der Waals surface area contributed by atoms with E-state index >= 15 is 0 Å². The van der Waals surface area contributed by atoms with E-state index in [-0.39, 0.29) is 5.56 Å². The highest BCUT2D eigenvalue weighted by Gasteiger charge is 2.29. The van der Waals surface area contributed by atoms with Crippen molar-refractivity contribution in [1.29, 1.82) is 5.26 Å². The number of rotatable bonds is 7. The number of carbonyl (C=O) groups is 1. The molecule has 2 N–H and O–H groups in total. The number of halogens is 1. The summed E-state index contributed by atoms with van der Waals surface area (Å²) in [5, 5.41) is 9.43. The van der Waals surface area contributed by atoms with Crippen LogP contribution in [0.1, 0.15) is 41.7 Å². The molecule has 1 atom stereocenters. The van der Waals surface area contributed by atoms with Gasteiger partial charge in [0.25, 0.3) is 0 Å². The van der Waals surface area contributed by atoms with Gasteiger partial charge in [0.15, 0.2) is 0 Å². The standard InChI is InChI=1S/C24H27FN6OS/c1-5-18-19(14-26)24(33-21(22(27)32)15-6-8-16(25)9-7-15)29-23(20(18)28-2)31-12-10-17(11-13-31)30(3)4/h6-9,17,21H,5,10-13H2,1,3-4H3,(H2,27,32). The third-order valence-electron chi connectivity index (χ3n) is 5.95. The van der Waals surface area contributed by atoms with Crippen LogP contribution in [0.5, 0.6) is 0 Å². The van der Waals surface area contributed by atoms with Crippen LogP contribution in [-0.2, 0) is 11.2 Å². The highest BCUT2D eigenvalue weighted by molar-refractivity contribution is 8.00. The normalized spacial score (nSPS) is 15.2. The predicted molar refractivity (Wildman–Crippen MR) is 128 cm³/mol. The molecule has 0 radical (unpaired) electrons. The van der Waals surface area contributed by atoms with Crippen LogP contribution in [0.15, 0.2) is 29.3 Å². The maximum Gasteiger partial charge on any atom is 0.235 e. The van der Waals surface area contributed by atoms with Crippen molar-refractivity contribution in [2.24, 2.45) is 5.73 Å². The molecule has 1 saturated heterocycles. The molecule has 1 aromatic heterocycles. The minimum atomic E-state index is -0.846. The third kappa shape index (κ3) is 5.27. The minimum Gasteiger partial charge on any atom is -0.368 e. The topological polar surface area (TPSA) is 90.6 Å². The number of nitrogens with zero attached hydrogens (tertiary/aromatic N) is 5. The van der Waals surface area contributed by atoms with E-state index in [0.29, 0.717) is 40.1 Å². The van der Waals surface area contributed by atoms with Gasteiger partial charge in [-0.15, -0.1) is 0 Å². The zero-order chi connectivity index (χ0) is 24.1. The number of thioether (sulfide) groups is 1. The molecular formula is C24H27FN6OS. The first-order chi connectivity index (χ1) is 15.8. The molecule has 9 heteroatoms. The molecule has 1 amide bonds. The van der Waals surface area contributed by atoms with E-state index in [9.17, 15) is 14.4 Å². The first-order valence-corrected chi connectivity index (χ1v) is 11.7. The molecule has 0 spiro atoms. The zero-order valence-electron chi connectivity index (χ0n) is 19.0. The summed E-state index contributed by atoms with van der Waals surface area (Å²) in [7, 11) is 4.13. The molecule has 2 heterocycles. The maximum absolute atomic E-state index is 13.4. The highest BCUT2D eigenvalue weighted by atomic mass is 32.2. The number of nitriles is 1. The van der Waals surface area contributed by atoms with Gasteiger partial charge in [-0.3, -0.25) is 4.79 Å². The molecule has 1 aromatic carbocycles. The minimum absolute atomic E-state index is 0.286. The largest absolute Gasteiger partial charge is 0.368 e. The van der Waals surface area contributed by atoms with Crippen molar-refractivity contribution in [3.63, 3.8) is 0 Å². The second-order valence-corrected chi connectivity index (χ2v) is 9.25. The first-order valence-electron chi connectivity index (χ1n) is 10.8. The van der Waals surface area contributed by atoms with E-state index in [1.54, 1.807) is 0 Å². The van der Waals surface area contributed by atoms with Crippen LogP contribution in [0, 0.1) is 23.7 Å². The number of hydrogen-bond donors (Lipinski definition) is 1. The van der Waals surface area contributed by atoms with Crippen molar-refractivity contribution in [3.05, 3.63) is 58.2 Å². The average molecular weight is 467 g/mol. The molecule has 2 aromatic rings. The Kier molecular flexibility index (Phi) is 7.91. The Hall–Kier alpha value is -3.14. The van der Waals surface area contributed by atoms with E-state index < -0.39 is 17.0 Å². The fourth-order valence-electron chi connectivity index (χ4n) is 4.10. The lowest BCUT2D eigenvalue weighted by Gasteiger charge is -2.36. The fourth-order valence-corrected chi connectivity index (χ4v) is 5.16. The van der Waals surface area contributed by atoms with Crippen molar-refractivity contribution < 1.29 is 9.18 Å². The summed E-state index contributed by atoms with van der Waals surface area (Å²) in [5.74, 6) is -0.485. The molecule has 7 nitrogen and oxygen atoms in total. The van der Waals surface area contributed by atoms with Gasteiger partial charge in [0.2, 0.25) is 11.6 Å². The van der Waals surface area contributed by atoms with Crippen molar-refractivity contribution in [3.8, 4) is 6.07 Å². The quantitative estimate of drug-likeness (QED) is 0.489. The van der Waals surface area contributed by atoms with Crippen molar-refractivity contribution in [2.75, 3.05) is 32.1 Å². The summed E-state index contributed by atoms with van der Waals surface area (Å²) < 4.78 is 13.4. The number of hydrogen-bond acceptors (Lipinski definition) is 6. The van der Waals surface area contributed by atoms with Gasteiger partial charge in [0.1, 0.15) is 28.0 Å². The van der Waals surface area contributed by atoms with Crippen LogP contribution >= 0.6 is 11.8 Å². The second kappa shape index (κ2) is 10.7. The van der Waals surface area contributed by atoms with E-state index in [0.717, 1.165) is 37.7 Å². The predicted octanol–water partition coefficient (Wildman–Crippen LogP) is 4.05. The van der Waals surface area contributed by atoms with Crippen molar-refractivity contribution in [1.82, 2.24) is 9.88 Å². The van der Waals surface area contributed by atoms with Crippen molar-refractivity contribution >= 4 is 29.2 Å². The van der Waals surface area contributed by atoms with Crippen LogP contribution in [0.2, 0.25) is 0 Å². The molecule has 33 heavy (non-hydrogen) atoms. The Morgan fingerprint density at radius 1 is 1.39 bits per heavy atom. The molecule has 1 unspecified atom stereocenters. The number of anilines is 1. The molecule has 0 bridgehead atoms.